The van der Waals surface area contributed by atoms with Gasteiger partial charge in [0.15, 0.2) is 0 Å². The van der Waals surface area contributed by atoms with Crippen LogP contribution in [0.5, 0.6) is 0 Å². The quantitative estimate of drug-likeness (QED) is 0.382. The number of rotatable bonds is 5. The van der Waals surface area contributed by atoms with E-state index in [1.54, 1.807) is 6.08 Å². The molecule has 0 aliphatic carbocycles. The molecule has 0 aliphatic rings. The number of hydrogen-bond acceptors (Lipinski definition) is 2. The molecular formula is C9H17NOS. The third kappa shape index (κ3) is 4.44. The third-order valence-corrected chi connectivity index (χ3v) is 2.38. The highest BCUT2D eigenvalue weighted by Gasteiger charge is 2.16. The van der Waals surface area contributed by atoms with Gasteiger partial charge in [-0.1, -0.05) is 19.9 Å². The van der Waals surface area contributed by atoms with Crippen LogP contribution in [0.2, 0.25) is 0 Å². The second-order valence-corrected chi connectivity index (χ2v) is 3.61. The zero-order chi connectivity index (χ0) is 9.56. The van der Waals surface area contributed by atoms with E-state index in [1.807, 2.05) is 13.8 Å². The smallest absolute Gasteiger partial charge is 0.233 e. The van der Waals surface area contributed by atoms with Gasteiger partial charge in [-0.05, 0) is 12.3 Å². The first-order chi connectivity index (χ1) is 5.59. The fraction of sp³-hybridized carbons (Fsp3) is 0.667. The zero-order valence-electron chi connectivity index (χ0n) is 7.71. The van der Waals surface area contributed by atoms with Gasteiger partial charge in [-0.15, -0.1) is 6.58 Å². The summed E-state index contributed by atoms with van der Waals surface area (Å²) in [5, 5.41) is 2.58. The van der Waals surface area contributed by atoms with Gasteiger partial charge >= 0.3 is 0 Å². The average Bonchev–Trinajstić information content (AvgIpc) is 2.03. The maximum Gasteiger partial charge on any atom is 0.233 e. The SMILES string of the molecule is C=CCCNC(=O)C(S)C(C)C. The lowest BCUT2D eigenvalue weighted by atomic mass is 10.1. The van der Waals surface area contributed by atoms with Gasteiger partial charge in [0, 0.05) is 6.54 Å². The van der Waals surface area contributed by atoms with Crippen LogP contribution in [0.15, 0.2) is 12.7 Å². The van der Waals surface area contributed by atoms with Gasteiger partial charge < -0.3 is 5.32 Å². The molecule has 0 aromatic heterocycles. The summed E-state index contributed by atoms with van der Waals surface area (Å²) in [6, 6.07) is 0. The van der Waals surface area contributed by atoms with Crippen LogP contribution >= 0.6 is 12.6 Å². The molecule has 12 heavy (non-hydrogen) atoms. The summed E-state index contributed by atoms with van der Waals surface area (Å²) in [5.74, 6) is 0.284. The van der Waals surface area contributed by atoms with Crippen molar-refractivity contribution < 1.29 is 4.79 Å². The first kappa shape index (κ1) is 11.6. The highest BCUT2D eigenvalue weighted by molar-refractivity contribution is 7.81. The van der Waals surface area contributed by atoms with Crippen molar-refractivity contribution in [2.24, 2.45) is 5.92 Å². The average molecular weight is 187 g/mol. The largest absolute Gasteiger partial charge is 0.355 e. The van der Waals surface area contributed by atoms with E-state index in [4.69, 9.17) is 0 Å². The fourth-order valence-electron chi connectivity index (χ4n) is 0.705. The van der Waals surface area contributed by atoms with Crippen molar-refractivity contribution in [2.45, 2.75) is 25.5 Å². The third-order valence-electron chi connectivity index (χ3n) is 1.55. The monoisotopic (exact) mass is 187 g/mol. The molecule has 0 fully saturated rings. The molecule has 0 spiro atoms. The Hall–Kier alpha value is -0.440. The summed E-state index contributed by atoms with van der Waals surface area (Å²) in [6.07, 6.45) is 2.59. The van der Waals surface area contributed by atoms with E-state index in [0.29, 0.717) is 6.54 Å². The Morgan fingerprint density at radius 1 is 1.67 bits per heavy atom. The topological polar surface area (TPSA) is 29.1 Å². The number of amides is 1. The molecule has 0 rings (SSSR count). The predicted octanol–water partition coefficient (Wildman–Crippen LogP) is 1.63. The number of carbonyl (C=O) groups is 1. The molecular weight excluding hydrogens is 170 g/mol. The molecule has 0 radical (unpaired) electrons. The molecule has 0 bridgehead atoms. The minimum Gasteiger partial charge on any atom is -0.355 e. The normalized spacial score (nSPS) is 12.7. The van der Waals surface area contributed by atoms with Crippen LogP contribution in [-0.4, -0.2) is 17.7 Å². The van der Waals surface area contributed by atoms with Crippen LogP contribution in [-0.2, 0) is 4.79 Å². The molecule has 0 heterocycles. The lowest BCUT2D eigenvalue weighted by Gasteiger charge is -2.13. The minimum absolute atomic E-state index is 0.00943. The van der Waals surface area contributed by atoms with Crippen molar-refractivity contribution in [3.05, 3.63) is 12.7 Å². The minimum atomic E-state index is -0.199. The molecule has 1 atom stereocenters. The van der Waals surface area contributed by atoms with E-state index in [9.17, 15) is 4.79 Å². The van der Waals surface area contributed by atoms with E-state index in [0.717, 1.165) is 6.42 Å². The van der Waals surface area contributed by atoms with Gasteiger partial charge in [0.05, 0.1) is 5.25 Å². The van der Waals surface area contributed by atoms with Gasteiger partial charge in [0.1, 0.15) is 0 Å². The van der Waals surface area contributed by atoms with Gasteiger partial charge in [0.25, 0.3) is 0 Å². The van der Waals surface area contributed by atoms with Crippen molar-refractivity contribution in [2.75, 3.05) is 6.54 Å². The maximum absolute atomic E-state index is 11.2. The fourth-order valence-corrected chi connectivity index (χ4v) is 0.796. The molecule has 1 amide bonds. The molecule has 2 nitrogen and oxygen atoms in total. The Labute approximate surface area is 79.8 Å². The second-order valence-electron chi connectivity index (χ2n) is 3.06. The summed E-state index contributed by atoms with van der Waals surface area (Å²) in [5.41, 5.74) is 0. The zero-order valence-corrected chi connectivity index (χ0v) is 8.60. The lowest BCUT2D eigenvalue weighted by Crippen LogP contribution is -2.34. The molecule has 1 N–H and O–H groups in total. The summed E-state index contributed by atoms with van der Waals surface area (Å²) in [7, 11) is 0. The summed E-state index contributed by atoms with van der Waals surface area (Å²) >= 11 is 4.18. The van der Waals surface area contributed by atoms with Crippen LogP contribution < -0.4 is 5.32 Å². The van der Waals surface area contributed by atoms with Crippen molar-refractivity contribution in [1.82, 2.24) is 5.32 Å². The van der Waals surface area contributed by atoms with Gasteiger partial charge in [-0.3, -0.25) is 4.79 Å². The second kappa shape index (κ2) is 6.12. The van der Waals surface area contributed by atoms with Crippen LogP contribution in [0.3, 0.4) is 0 Å². The first-order valence-corrected chi connectivity index (χ1v) is 4.68. The molecule has 3 heteroatoms. The first-order valence-electron chi connectivity index (χ1n) is 4.16. The Balaban J connectivity index is 3.64. The Kier molecular flexibility index (Phi) is 5.89. The molecule has 0 aromatic rings. The summed E-state index contributed by atoms with van der Waals surface area (Å²) in [6.45, 7) is 8.18. The Morgan fingerprint density at radius 3 is 2.67 bits per heavy atom. The van der Waals surface area contributed by atoms with Crippen molar-refractivity contribution in [3.63, 3.8) is 0 Å². The van der Waals surface area contributed by atoms with Crippen molar-refractivity contribution >= 4 is 18.5 Å². The van der Waals surface area contributed by atoms with Crippen LogP contribution in [0, 0.1) is 5.92 Å². The van der Waals surface area contributed by atoms with Gasteiger partial charge in [-0.25, -0.2) is 0 Å². The van der Waals surface area contributed by atoms with Crippen LogP contribution in [0.25, 0.3) is 0 Å². The number of thiol groups is 1. The van der Waals surface area contributed by atoms with E-state index < -0.39 is 0 Å². The predicted molar refractivity (Wildman–Crippen MR) is 55.4 cm³/mol. The Morgan fingerprint density at radius 2 is 2.25 bits per heavy atom. The molecule has 0 aliphatic heterocycles. The summed E-state index contributed by atoms with van der Waals surface area (Å²) < 4.78 is 0. The van der Waals surface area contributed by atoms with Crippen LogP contribution in [0.4, 0.5) is 0 Å². The number of hydrogen-bond donors (Lipinski definition) is 2. The Bertz CT molecular complexity index is 157. The van der Waals surface area contributed by atoms with Crippen molar-refractivity contribution in [3.8, 4) is 0 Å². The molecule has 0 aromatic carbocycles. The van der Waals surface area contributed by atoms with E-state index in [-0.39, 0.29) is 17.1 Å². The van der Waals surface area contributed by atoms with E-state index in [2.05, 4.69) is 24.5 Å². The van der Waals surface area contributed by atoms with Crippen molar-refractivity contribution in [1.29, 1.82) is 0 Å². The van der Waals surface area contributed by atoms with Crippen LogP contribution in [0.1, 0.15) is 20.3 Å². The molecule has 70 valence electrons. The van der Waals surface area contributed by atoms with Gasteiger partial charge in [0.2, 0.25) is 5.91 Å². The highest BCUT2D eigenvalue weighted by atomic mass is 32.1. The molecule has 1 unspecified atom stereocenters. The lowest BCUT2D eigenvalue weighted by molar-refractivity contribution is -0.121. The molecule has 0 saturated heterocycles. The standard InChI is InChI=1S/C9H17NOS/c1-4-5-6-10-9(11)8(12)7(2)3/h4,7-8,12H,1,5-6H2,2-3H3,(H,10,11). The molecule has 0 saturated carbocycles. The highest BCUT2D eigenvalue weighted by Crippen LogP contribution is 2.08. The summed E-state index contributed by atoms with van der Waals surface area (Å²) in [4.78, 5) is 11.2. The van der Waals surface area contributed by atoms with E-state index >= 15 is 0 Å². The van der Waals surface area contributed by atoms with Gasteiger partial charge in [-0.2, -0.15) is 12.6 Å². The maximum atomic E-state index is 11.2. The number of nitrogens with one attached hydrogen (secondary N) is 1. The van der Waals surface area contributed by atoms with E-state index in [1.165, 1.54) is 0 Å². The number of carbonyl (C=O) groups excluding carboxylic acids is 1.